The number of anilines is 1. The van der Waals surface area contributed by atoms with Crippen LogP contribution in [0.3, 0.4) is 0 Å². The van der Waals surface area contributed by atoms with Crippen LogP contribution in [0.4, 0.5) is 6.01 Å². The number of halogens is 2. The van der Waals surface area contributed by atoms with E-state index in [1.165, 1.54) is 0 Å². The Labute approximate surface area is 159 Å². The van der Waals surface area contributed by atoms with Gasteiger partial charge in [0.05, 0.1) is 11.1 Å². The van der Waals surface area contributed by atoms with Gasteiger partial charge in [0, 0.05) is 24.2 Å². The molecule has 0 aliphatic heterocycles. The first kappa shape index (κ1) is 17.8. The minimum absolute atomic E-state index is 0.450. The minimum atomic E-state index is 0.450. The molecule has 130 valence electrons. The van der Waals surface area contributed by atoms with Crippen molar-refractivity contribution in [2.45, 2.75) is 13.5 Å². The summed E-state index contributed by atoms with van der Waals surface area (Å²) in [7, 11) is 1.90. The van der Waals surface area contributed by atoms with Crippen molar-refractivity contribution in [1.82, 2.24) is 10.2 Å². The van der Waals surface area contributed by atoms with Crippen molar-refractivity contribution in [1.29, 1.82) is 0 Å². The summed E-state index contributed by atoms with van der Waals surface area (Å²) < 4.78 is 12.3. The molecule has 3 rings (SSSR count). The second-order valence-corrected chi connectivity index (χ2v) is 6.74. The van der Waals surface area contributed by atoms with Crippen molar-refractivity contribution in [3.05, 3.63) is 57.5 Å². The van der Waals surface area contributed by atoms with Gasteiger partial charge in [-0.15, -0.1) is 5.10 Å². The second kappa shape index (κ2) is 7.89. The molecule has 0 bridgehead atoms. The molecule has 25 heavy (non-hydrogen) atoms. The van der Waals surface area contributed by atoms with E-state index in [1.807, 2.05) is 61.3 Å². The Morgan fingerprint density at radius 3 is 2.64 bits per heavy atom. The first-order valence-electron chi connectivity index (χ1n) is 7.78. The van der Waals surface area contributed by atoms with E-state index in [4.69, 9.17) is 20.8 Å². The first-order chi connectivity index (χ1) is 12.1. The van der Waals surface area contributed by atoms with Crippen LogP contribution < -0.4 is 9.64 Å². The van der Waals surface area contributed by atoms with E-state index in [-0.39, 0.29) is 0 Å². The second-order valence-electron chi connectivity index (χ2n) is 5.45. The molecule has 0 saturated heterocycles. The normalized spacial score (nSPS) is 10.7. The van der Waals surface area contributed by atoms with E-state index in [0.717, 1.165) is 21.3 Å². The lowest BCUT2D eigenvalue weighted by Gasteiger charge is -2.13. The number of nitrogens with zero attached hydrogens (tertiary/aromatic N) is 3. The third-order valence-corrected chi connectivity index (χ3v) is 4.46. The molecule has 0 fully saturated rings. The fourth-order valence-corrected chi connectivity index (χ4v) is 2.81. The summed E-state index contributed by atoms with van der Waals surface area (Å²) in [6.45, 7) is 3.17. The Kier molecular flexibility index (Phi) is 5.60. The van der Waals surface area contributed by atoms with Gasteiger partial charge in [-0.1, -0.05) is 28.8 Å². The van der Waals surface area contributed by atoms with E-state index >= 15 is 0 Å². The Hall–Kier alpha value is -2.05. The zero-order valence-electron chi connectivity index (χ0n) is 13.9. The highest BCUT2D eigenvalue weighted by atomic mass is 79.9. The number of hydrogen-bond acceptors (Lipinski definition) is 5. The van der Waals surface area contributed by atoms with Gasteiger partial charge in [-0.3, -0.25) is 0 Å². The van der Waals surface area contributed by atoms with Crippen LogP contribution in [0.5, 0.6) is 5.75 Å². The summed E-state index contributed by atoms with van der Waals surface area (Å²) in [5.74, 6) is 1.20. The summed E-state index contributed by atoms with van der Waals surface area (Å²) in [6.07, 6.45) is 0. The zero-order chi connectivity index (χ0) is 17.8. The summed E-state index contributed by atoms with van der Waals surface area (Å²) in [4.78, 5) is 1.89. The summed E-state index contributed by atoms with van der Waals surface area (Å²) >= 11 is 9.38. The van der Waals surface area contributed by atoms with Crippen molar-refractivity contribution in [3.8, 4) is 17.2 Å². The van der Waals surface area contributed by atoms with Gasteiger partial charge >= 0.3 is 6.01 Å². The Balaban J connectivity index is 1.77. The lowest BCUT2D eigenvalue weighted by molar-refractivity contribution is 0.338. The molecule has 1 aromatic heterocycles. The summed E-state index contributed by atoms with van der Waals surface area (Å²) in [6, 6.07) is 13.8. The van der Waals surface area contributed by atoms with Gasteiger partial charge in [0.2, 0.25) is 5.89 Å². The van der Waals surface area contributed by atoms with Gasteiger partial charge in [-0.2, -0.15) is 0 Å². The van der Waals surface area contributed by atoms with E-state index < -0.39 is 0 Å². The topological polar surface area (TPSA) is 51.4 Å². The van der Waals surface area contributed by atoms with Crippen LogP contribution >= 0.6 is 27.5 Å². The van der Waals surface area contributed by atoms with Gasteiger partial charge in [-0.05, 0) is 58.7 Å². The van der Waals surface area contributed by atoms with Crippen LogP contribution in [-0.2, 0) is 6.54 Å². The maximum absolute atomic E-state index is 5.91. The third-order valence-electron chi connectivity index (χ3n) is 3.55. The molecule has 0 aliphatic carbocycles. The van der Waals surface area contributed by atoms with E-state index in [0.29, 0.717) is 30.1 Å². The summed E-state index contributed by atoms with van der Waals surface area (Å²) in [5.41, 5.74) is 1.92. The largest absolute Gasteiger partial charge is 0.493 e. The molecule has 0 unspecified atom stereocenters. The Morgan fingerprint density at radius 2 is 1.92 bits per heavy atom. The van der Waals surface area contributed by atoms with Crippen molar-refractivity contribution in [2.75, 3.05) is 18.6 Å². The highest BCUT2D eigenvalue weighted by molar-refractivity contribution is 9.10. The first-order valence-corrected chi connectivity index (χ1v) is 8.95. The molecule has 0 spiro atoms. The monoisotopic (exact) mass is 421 g/mol. The van der Waals surface area contributed by atoms with E-state index in [1.54, 1.807) is 0 Å². The van der Waals surface area contributed by atoms with E-state index in [9.17, 15) is 0 Å². The lowest BCUT2D eigenvalue weighted by Crippen LogP contribution is -2.16. The van der Waals surface area contributed by atoms with Gasteiger partial charge in [0.1, 0.15) is 5.75 Å². The molecule has 3 aromatic rings. The van der Waals surface area contributed by atoms with Crippen molar-refractivity contribution in [2.24, 2.45) is 0 Å². The predicted octanol–water partition coefficient (Wildman–Crippen LogP) is 5.19. The van der Waals surface area contributed by atoms with Crippen molar-refractivity contribution >= 4 is 33.5 Å². The van der Waals surface area contributed by atoms with Crippen LogP contribution in [0.25, 0.3) is 11.5 Å². The van der Waals surface area contributed by atoms with E-state index in [2.05, 4.69) is 26.1 Å². The number of ether oxygens (including phenoxy) is 1. The molecular weight excluding hydrogens is 406 g/mol. The van der Waals surface area contributed by atoms with Crippen LogP contribution in [0.1, 0.15) is 12.5 Å². The van der Waals surface area contributed by atoms with Crippen LogP contribution in [-0.4, -0.2) is 23.9 Å². The zero-order valence-corrected chi connectivity index (χ0v) is 16.2. The number of hydrogen-bond donors (Lipinski definition) is 0. The molecule has 1 heterocycles. The van der Waals surface area contributed by atoms with Gasteiger partial charge in [0.15, 0.2) is 0 Å². The molecule has 5 nitrogen and oxygen atoms in total. The molecule has 2 aromatic carbocycles. The van der Waals surface area contributed by atoms with Gasteiger partial charge < -0.3 is 14.1 Å². The SMILES string of the molecule is CCOc1cc(-c2nnc(N(C)Cc3ccc(Cl)cc3)o2)ccc1Br. The molecule has 0 radical (unpaired) electrons. The van der Waals surface area contributed by atoms with Crippen molar-refractivity contribution < 1.29 is 9.15 Å². The van der Waals surface area contributed by atoms with Crippen LogP contribution in [0, 0.1) is 0 Å². The average Bonchev–Trinajstić information content (AvgIpc) is 3.09. The Morgan fingerprint density at radius 1 is 1.16 bits per heavy atom. The molecule has 0 aliphatic rings. The predicted molar refractivity (Wildman–Crippen MR) is 102 cm³/mol. The maximum atomic E-state index is 5.91. The lowest BCUT2D eigenvalue weighted by atomic mass is 10.2. The molecule has 0 amide bonds. The fraction of sp³-hybridized carbons (Fsp3) is 0.222. The molecular formula is C18H17BrClN3O2. The minimum Gasteiger partial charge on any atom is -0.493 e. The van der Waals surface area contributed by atoms with Gasteiger partial charge in [-0.25, -0.2) is 0 Å². The summed E-state index contributed by atoms with van der Waals surface area (Å²) in [5, 5.41) is 8.99. The van der Waals surface area contributed by atoms with Crippen LogP contribution in [0.2, 0.25) is 5.02 Å². The van der Waals surface area contributed by atoms with Gasteiger partial charge in [0.25, 0.3) is 0 Å². The highest BCUT2D eigenvalue weighted by Gasteiger charge is 2.14. The molecule has 0 N–H and O–H groups in total. The smallest absolute Gasteiger partial charge is 0.318 e. The quantitative estimate of drug-likeness (QED) is 0.547. The third kappa shape index (κ3) is 4.32. The van der Waals surface area contributed by atoms with Crippen molar-refractivity contribution in [3.63, 3.8) is 0 Å². The number of rotatable bonds is 6. The number of benzene rings is 2. The Bertz CT molecular complexity index is 852. The maximum Gasteiger partial charge on any atom is 0.318 e. The number of aromatic nitrogens is 2. The van der Waals surface area contributed by atoms with Crippen LogP contribution in [0.15, 0.2) is 51.4 Å². The molecule has 7 heteroatoms. The fourth-order valence-electron chi connectivity index (χ4n) is 2.32. The standard InChI is InChI=1S/C18H17BrClN3O2/c1-3-24-16-10-13(6-9-15(16)19)17-21-22-18(25-17)23(2)11-12-4-7-14(20)8-5-12/h4-10H,3,11H2,1-2H3. The molecule has 0 atom stereocenters. The molecule has 0 saturated carbocycles. The highest BCUT2D eigenvalue weighted by Crippen LogP contribution is 2.31. The average molecular weight is 423 g/mol.